The molecule has 5 aromatic rings. The number of amides is 4. The van der Waals surface area contributed by atoms with Gasteiger partial charge in [-0.25, -0.2) is 19.6 Å². The predicted octanol–water partition coefficient (Wildman–Crippen LogP) is 6.52. The molecule has 4 amide bonds. The Bertz CT molecular complexity index is 2460. The number of ether oxygens (including phenoxy) is 4. The van der Waals surface area contributed by atoms with Gasteiger partial charge in [-0.1, -0.05) is 32.0 Å². The van der Waals surface area contributed by atoms with Crippen molar-refractivity contribution in [2.24, 2.45) is 5.92 Å². The lowest BCUT2D eigenvalue weighted by molar-refractivity contribution is -0.138. The molecule has 2 fully saturated rings. The highest BCUT2D eigenvalue weighted by Crippen LogP contribution is 2.44. The number of likely N-dealkylation sites (tertiary alicyclic amines) is 2. The number of fused-ring (bicyclic) bond motifs is 6. The molecule has 60 heavy (non-hydrogen) atoms. The van der Waals surface area contributed by atoms with E-state index in [1.165, 1.54) is 21.3 Å². The maximum absolute atomic E-state index is 13.9. The largest absolute Gasteiger partial charge is 0.488 e. The number of H-pyrrole nitrogens is 2. The van der Waals surface area contributed by atoms with Gasteiger partial charge >= 0.3 is 12.2 Å². The second-order valence-electron chi connectivity index (χ2n) is 16.4. The Kier molecular flexibility index (Phi) is 11.2. The molecule has 0 bridgehead atoms. The van der Waals surface area contributed by atoms with Gasteiger partial charge in [0.05, 0.1) is 55.8 Å². The van der Waals surface area contributed by atoms with Crippen molar-refractivity contribution in [3.63, 3.8) is 0 Å². The molecule has 0 saturated carbocycles. The molecule has 0 spiro atoms. The maximum Gasteiger partial charge on any atom is 0.407 e. The first-order valence-corrected chi connectivity index (χ1v) is 20.5. The number of benzene rings is 3. The topological polar surface area (TPSA) is 193 Å². The van der Waals surface area contributed by atoms with E-state index in [1.807, 2.05) is 50.9 Å². The number of carbonyl (C=O) groups is 4. The quantitative estimate of drug-likeness (QED) is 0.121. The number of alkyl carbamates (subject to hydrolysis) is 2. The Labute approximate surface area is 347 Å². The zero-order chi connectivity index (χ0) is 42.4. The summed E-state index contributed by atoms with van der Waals surface area (Å²) in [4.78, 5) is 72.3. The number of nitrogens with one attached hydrogen (secondary N) is 4. The van der Waals surface area contributed by atoms with Gasteiger partial charge in [-0.2, -0.15) is 0 Å². The molecule has 0 aliphatic carbocycles. The lowest BCUT2D eigenvalue weighted by Gasteiger charge is -2.32. The summed E-state index contributed by atoms with van der Waals surface area (Å²) < 4.78 is 21.2. The number of carbonyl (C=O) groups excluding carboxylic acids is 4. The molecule has 16 nitrogen and oxygen atoms in total. The van der Waals surface area contributed by atoms with Crippen LogP contribution in [0.25, 0.3) is 44.2 Å². The molecule has 2 aromatic heterocycles. The number of rotatable bonds is 10. The Balaban J connectivity index is 1.04. The summed E-state index contributed by atoms with van der Waals surface area (Å²) in [7, 11) is 4.03. The minimum absolute atomic E-state index is 0.00916. The van der Waals surface area contributed by atoms with E-state index >= 15 is 0 Å². The third kappa shape index (κ3) is 7.37. The summed E-state index contributed by atoms with van der Waals surface area (Å²) in [6, 6.07) is 12.3. The van der Waals surface area contributed by atoms with Crippen LogP contribution in [0.4, 0.5) is 9.59 Å². The van der Waals surface area contributed by atoms with Gasteiger partial charge < -0.3 is 49.3 Å². The van der Waals surface area contributed by atoms with Gasteiger partial charge in [-0.05, 0) is 91.8 Å². The Morgan fingerprint density at radius 1 is 0.833 bits per heavy atom. The Morgan fingerprint density at radius 2 is 1.53 bits per heavy atom. The summed E-state index contributed by atoms with van der Waals surface area (Å²) in [5, 5.41) is 7.27. The SMILES string of the molecule is COC[C@H](NC(=O)OC)C(=O)N1[C@@H](C)CC[C@H]1c1nc2c(ccc3cc4c(cc32)OCc2cc(-c3cnc(C5CC[C@H](C)N5C(=O)[C@@H](NC(=O)OC)C(C)C)[nH]3)ccc2-4)[nH]1. The van der Waals surface area contributed by atoms with Crippen LogP contribution in [0.3, 0.4) is 0 Å². The number of hydrogen-bond acceptors (Lipinski definition) is 10. The van der Waals surface area contributed by atoms with Gasteiger partial charge in [0.1, 0.15) is 36.1 Å². The molecule has 3 aromatic carbocycles. The van der Waals surface area contributed by atoms with Crippen molar-refractivity contribution in [3.8, 4) is 28.1 Å². The lowest BCUT2D eigenvalue weighted by atomic mass is 9.92. The first kappa shape index (κ1) is 40.6. The minimum atomic E-state index is -0.902. The summed E-state index contributed by atoms with van der Waals surface area (Å²) in [5.41, 5.74) is 6.51. The highest BCUT2D eigenvalue weighted by Gasteiger charge is 2.42. The van der Waals surface area contributed by atoms with E-state index in [-0.39, 0.29) is 48.5 Å². The molecular weight excluding hydrogens is 769 g/mol. The highest BCUT2D eigenvalue weighted by molar-refractivity contribution is 6.07. The average Bonchev–Trinajstić information content (AvgIpc) is 4.07. The summed E-state index contributed by atoms with van der Waals surface area (Å²) in [5.74, 6) is 1.60. The van der Waals surface area contributed by atoms with Crippen LogP contribution in [-0.2, 0) is 30.4 Å². The molecular formula is C44H52N8O8. The van der Waals surface area contributed by atoms with E-state index in [4.69, 9.17) is 28.9 Å². The standard InChI is InChI=1S/C44H52N8O8/c1-22(2)37(50-44(56)59-7)42(54)52-24(4)8-14-34(52)39-45-19-32(47-39)26-10-12-28-27(16-26)20-60-36-18-29-25(17-30(28)36)11-13-31-38(29)49-40(46-31)35-15-9-23(3)51(35)41(53)33(21-57-5)48-43(55)58-6/h10-13,16-19,22-24,33-35,37H,8-9,14-15,20-21H2,1-7H3,(H,45,47)(H,46,49)(H,48,55)(H,50,56)/t23-,24-,33-,34?,35-,37-/m0/s1. The summed E-state index contributed by atoms with van der Waals surface area (Å²) in [6.45, 7) is 8.21. The second kappa shape index (κ2) is 16.5. The van der Waals surface area contributed by atoms with Gasteiger partial charge in [0.2, 0.25) is 11.8 Å². The maximum atomic E-state index is 13.9. The molecule has 3 aliphatic rings. The number of nitrogens with zero attached hydrogens (tertiary/aromatic N) is 4. The van der Waals surface area contributed by atoms with Gasteiger partial charge in [-0.3, -0.25) is 9.59 Å². The molecule has 3 aliphatic heterocycles. The Hall–Kier alpha value is -6.16. The van der Waals surface area contributed by atoms with E-state index in [9.17, 15) is 19.2 Å². The van der Waals surface area contributed by atoms with Crippen LogP contribution < -0.4 is 15.4 Å². The fraction of sp³-hybridized carbons (Fsp3) is 0.455. The van der Waals surface area contributed by atoms with Crippen LogP contribution in [0, 0.1) is 5.92 Å². The second-order valence-corrected chi connectivity index (χ2v) is 16.4. The van der Waals surface area contributed by atoms with E-state index in [0.717, 1.165) is 74.8 Å². The molecule has 4 N–H and O–H groups in total. The first-order valence-electron chi connectivity index (χ1n) is 20.5. The fourth-order valence-electron chi connectivity index (χ4n) is 9.11. The van der Waals surface area contributed by atoms with E-state index in [1.54, 1.807) is 4.90 Å². The van der Waals surface area contributed by atoms with Crippen LogP contribution in [0.15, 0.2) is 48.7 Å². The number of aromatic nitrogens is 4. The van der Waals surface area contributed by atoms with Crippen molar-refractivity contribution in [3.05, 3.63) is 65.9 Å². The minimum Gasteiger partial charge on any atom is -0.488 e. The van der Waals surface area contributed by atoms with E-state index in [0.29, 0.717) is 24.7 Å². The van der Waals surface area contributed by atoms with Crippen molar-refractivity contribution in [2.45, 2.75) is 96.2 Å². The third-order valence-electron chi connectivity index (χ3n) is 12.2. The molecule has 2 saturated heterocycles. The predicted molar refractivity (Wildman–Crippen MR) is 223 cm³/mol. The van der Waals surface area contributed by atoms with Crippen LogP contribution in [0.5, 0.6) is 5.75 Å². The zero-order valence-corrected chi connectivity index (χ0v) is 35.0. The van der Waals surface area contributed by atoms with Gasteiger partial charge in [0.25, 0.3) is 0 Å². The van der Waals surface area contributed by atoms with Crippen molar-refractivity contribution in [2.75, 3.05) is 27.9 Å². The molecule has 316 valence electrons. The first-order chi connectivity index (χ1) is 28.9. The molecule has 16 heteroatoms. The van der Waals surface area contributed by atoms with E-state index in [2.05, 4.69) is 50.9 Å². The van der Waals surface area contributed by atoms with E-state index < -0.39 is 24.3 Å². The molecule has 0 radical (unpaired) electrons. The average molecular weight is 821 g/mol. The van der Waals surface area contributed by atoms with Gasteiger partial charge in [0, 0.05) is 30.1 Å². The normalized spacial score (nSPS) is 20.7. The fourth-order valence-corrected chi connectivity index (χ4v) is 9.11. The monoisotopic (exact) mass is 820 g/mol. The van der Waals surface area contributed by atoms with Gasteiger partial charge in [-0.15, -0.1) is 0 Å². The molecule has 6 atom stereocenters. The van der Waals surface area contributed by atoms with Crippen molar-refractivity contribution in [1.29, 1.82) is 0 Å². The van der Waals surface area contributed by atoms with Crippen LogP contribution in [0.1, 0.15) is 82.7 Å². The van der Waals surface area contributed by atoms with Crippen LogP contribution in [0.2, 0.25) is 0 Å². The lowest BCUT2D eigenvalue weighted by Crippen LogP contribution is -2.52. The van der Waals surface area contributed by atoms with Gasteiger partial charge in [0.15, 0.2) is 0 Å². The smallest absolute Gasteiger partial charge is 0.407 e. The molecule has 1 unspecified atom stereocenters. The highest BCUT2D eigenvalue weighted by atomic mass is 16.5. The summed E-state index contributed by atoms with van der Waals surface area (Å²) >= 11 is 0. The zero-order valence-electron chi connectivity index (χ0n) is 35.0. The van der Waals surface area contributed by atoms with Crippen molar-refractivity contribution >= 4 is 45.8 Å². The molecule has 8 rings (SSSR count). The number of hydrogen-bond donors (Lipinski definition) is 4. The van der Waals surface area contributed by atoms with Crippen molar-refractivity contribution in [1.82, 2.24) is 40.4 Å². The van der Waals surface area contributed by atoms with Crippen LogP contribution >= 0.6 is 0 Å². The third-order valence-corrected chi connectivity index (χ3v) is 12.2. The van der Waals surface area contributed by atoms with Crippen LogP contribution in [-0.4, -0.2) is 106 Å². The molecule has 5 heterocycles. The number of imidazole rings is 2. The summed E-state index contributed by atoms with van der Waals surface area (Å²) in [6.07, 6.45) is 3.54. The number of aromatic amines is 2. The number of methoxy groups -OCH3 is 3. The van der Waals surface area contributed by atoms with Crippen molar-refractivity contribution < 1.29 is 38.1 Å². The Morgan fingerprint density at radius 3 is 2.23 bits per heavy atom.